The Bertz CT molecular complexity index is 721. The summed E-state index contributed by atoms with van der Waals surface area (Å²) in [6.07, 6.45) is 0. The topological polar surface area (TPSA) is 63.6 Å². The van der Waals surface area contributed by atoms with Crippen LogP contribution in [0.25, 0.3) is 10.2 Å². The van der Waals surface area contributed by atoms with Gasteiger partial charge in [-0.2, -0.15) is 4.37 Å². The summed E-state index contributed by atoms with van der Waals surface area (Å²) in [4.78, 5) is 14.6. The predicted octanol–water partition coefficient (Wildman–Crippen LogP) is 3.58. The van der Waals surface area contributed by atoms with E-state index < -0.39 is 0 Å². The number of anilines is 1. The molecule has 0 unspecified atom stereocenters. The molecule has 3 rings (SSSR count). The third-order valence-electron chi connectivity index (χ3n) is 2.55. The fourth-order valence-electron chi connectivity index (χ4n) is 1.73. The van der Waals surface area contributed by atoms with Gasteiger partial charge in [0.2, 0.25) is 0 Å². The first-order valence-electron chi connectivity index (χ1n) is 6.17. The standard InChI is InChI=1S/C12H13N5S3/c1-3-13-10-8-4-5-18-11(8)16-9(15-10)6-19-12-14-7(2)17-20-12/h4-5H,3,6H2,1-2H3,(H,13,15,16). The fourth-order valence-corrected chi connectivity index (χ4v) is 4.01. The van der Waals surface area contributed by atoms with E-state index in [4.69, 9.17) is 0 Å². The number of aromatic nitrogens is 4. The van der Waals surface area contributed by atoms with Gasteiger partial charge in [-0.05, 0) is 36.8 Å². The Hall–Kier alpha value is -1.25. The van der Waals surface area contributed by atoms with Crippen molar-refractivity contribution in [1.82, 2.24) is 19.3 Å². The van der Waals surface area contributed by atoms with E-state index in [0.717, 1.165) is 38.6 Å². The zero-order valence-electron chi connectivity index (χ0n) is 11.1. The largest absolute Gasteiger partial charge is 0.370 e. The smallest absolute Gasteiger partial charge is 0.170 e. The van der Waals surface area contributed by atoms with Crippen LogP contribution in [-0.2, 0) is 5.75 Å². The van der Waals surface area contributed by atoms with Gasteiger partial charge in [0.25, 0.3) is 0 Å². The van der Waals surface area contributed by atoms with Crippen LogP contribution in [0.4, 0.5) is 5.82 Å². The number of hydrogen-bond donors (Lipinski definition) is 1. The molecule has 0 fully saturated rings. The van der Waals surface area contributed by atoms with E-state index >= 15 is 0 Å². The Morgan fingerprint density at radius 1 is 1.30 bits per heavy atom. The van der Waals surface area contributed by atoms with E-state index in [9.17, 15) is 0 Å². The normalized spacial score (nSPS) is 11.1. The lowest BCUT2D eigenvalue weighted by atomic mass is 10.3. The van der Waals surface area contributed by atoms with E-state index in [2.05, 4.69) is 37.6 Å². The summed E-state index contributed by atoms with van der Waals surface area (Å²) < 4.78 is 5.14. The predicted molar refractivity (Wildman–Crippen MR) is 85.8 cm³/mol. The third kappa shape index (κ3) is 2.92. The SMILES string of the molecule is CCNc1nc(CSc2nc(C)ns2)nc2sccc12. The van der Waals surface area contributed by atoms with Crippen LogP contribution >= 0.6 is 34.6 Å². The molecule has 0 atom stereocenters. The van der Waals surface area contributed by atoms with Gasteiger partial charge in [-0.3, -0.25) is 0 Å². The molecule has 0 aliphatic carbocycles. The van der Waals surface area contributed by atoms with Crippen LogP contribution < -0.4 is 5.32 Å². The molecule has 104 valence electrons. The first kappa shape index (κ1) is 13.7. The van der Waals surface area contributed by atoms with Crippen molar-refractivity contribution < 1.29 is 0 Å². The second-order valence-corrected chi connectivity index (χ2v) is 6.92. The van der Waals surface area contributed by atoms with Crippen molar-refractivity contribution in [2.45, 2.75) is 23.9 Å². The monoisotopic (exact) mass is 323 g/mol. The highest BCUT2D eigenvalue weighted by atomic mass is 32.2. The Morgan fingerprint density at radius 2 is 2.20 bits per heavy atom. The zero-order chi connectivity index (χ0) is 13.9. The van der Waals surface area contributed by atoms with Crippen LogP contribution in [0.1, 0.15) is 18.6 Å². The van der Waals surface area contributed by atoms with Crippen LogP contribution in [0.2, 0.25) is 0 Å². The van der Waals surface area contributed by atoms with Gasteiger partial charge in [-0.1, -0.05) is 11.8 Å². The maximum Gasteiger partial charge on any atom is 0.170 e. The third-order valence-corrected chi connectivity index (χ3v) is 5.28. The number of nitrogens with one attached hydrogen (secondary N) is 1. The van der Waals surface area contributed by atoms with Crippen molar-refractivity contribution in [3.05, 3.63) is 23.1 Å². The van der Waals surface area contributed by atoms with Crippen molar-refractivity contribution >= 4 is 50.7 Å². The average molecular weight is 323 g/mol. The first-order valence-corrected chi connectivity index (χ1v) is 8.81. The number of fused-ring (bicyclic) bond motifs is 1. The van der Waals surface area contributed by atoms with E-state index in [1.54, 1.807) is 23.1 Å². The molecule has 0 saturated heterocycles. The minimum Gasteiger partial charge on any atom is -0.370 e. The van der Waals surface area contributed by atoms with E-state index in [1.165, 1.54) is 11.5 Å². The van der Waals surface area contributed by atoms with Gasteiger partial charge in [-0.15, -0.1) is 11.3 Å². The molecule has 3 heterocycles. The Balaban J connectivity index is 1.83. The molecule has 0 aliphatic heterocycles. The lowest BCUT2D eigenvalue weighted by Crippen LogP contribution is -2.03. The van der Waals surface area contributed by atoms with Crippen LogP contribution in [-0.4, -0.2) is 25.9 Å². The molecular formula is C12H13N5S3. The van der Waals surface area contributed by atoms with Crippen LogP contribution in [0.15, 0.2) is 15.8 Å². The van der Waals surface area contributed by atoms with Gasteiger partial charge >= 0.3 is 0 Å². The highest BCUT2D eigenvalue weighted by Crippen LogP contribution is 2.28. The Kier molecular flexibility index (Phi) is 4.13. The Labute approximate surface area is 129 Å². The van der Waals surface area contributed by atoms with Gasteiger partial charge in [0.1, 0.15) is 22.3 Å². The van der Waals surface area contributed by atoms with Crippen LogP contribution in [0.5, 0.6) is 0 Å². The molecule has 0 amide bonds. The molecule has 0 bridgehead atoms. The summed E-state index contributed by atoms with van der Waals surface area (Å²) in [6.45, 7) is 4.82. The summed E-state index contributed by atoms with van der Waals surface area (Å²) in [5, 5.41) is 6.44. The minimum atomic E-state index is 0.709. The van der Waals surface area contributed by atoms with Crippen molar-refractivity contribution in [1.29, 1.82) is 0 Å². The highest BCUT2D eigenvalue weighted by Gasteiger charge is 2.10. The minimum absolute atomic E-state index is 0.709. The lowest BCUT2D eigenvalue weighted by Gasteiger charge is -2.06. The maximum absolute atomic E-state index is 4.60. The summed E-state index contributed by atoms with van der Waals surface area (Å²) in [5.41, 5.74) is 0. The lowest BCUT2D eigenvalue weighted by molar-refractivity contribution is 1.05. The molecule has 0 aromatic carbocycles. The van der Waals surface area contributed by atoms with Crippen LogP contribution in [0.3, 0.4) is 0 Å². The summed E-state index contributed by atoms with van der Waals surface area (Å²) >= 11 is 4.69. The van der Waals surface area contributed by atoms with Gasteiger partial charge < -0.3 is 5.32 Å². The number of hydrogen-bond acceptors (Lipinski definition) is 8. The molecule has 0 spiro atoms. The summed E-state index contributed by atoms with van der Waals surface area (Å²) in [5.74, 6) is 3.28. The van der Waals surface area contributed by atoms with Gasteiger partial charge in [0, 0.05) is 6.54 Å². The molecule has 5 nitrogen and oxygen atoms in total. The molecule has 0 saturated carbocycles. The van der Waals surface area contributed by atoms with E-state index in [1.807, 2.05) is 12.3 Å². The summed E-state index contributed by atoms with van der Waals surface area (Å²) in [6, 6.07) is 2.06. The molecule has 3 aromatic heterocycles. The van der Waals surface area contributed by atoms with E-state index in [-0.39, 0.29) is 0 Å². The van der Waals surface area contributed by atoms with Gasteiger partial charge in [0.05, 0.1) is 11.1 Å². The number of nitrogens with zero attached hydrogens (tertiary/aromatic N) is 4. The first-order chi connectivity index (χ1) is 9.76. The van der Waals surface area contributed by atoms with Crippen molar-refractivity contribution in [2.24, 2.45) is 0 Å². The van der Waals surface area contributed by atoms with Crippen LogP contribution in [0, 0.1) is 6.92 Å². The fraction of sp³-hybridized carbons (Fsp3) is 0.333. The number of rotatable bonds is 5. The molecular weight excluding hydrogens is 310 g/mol. The van der Waals surface area contributed by atoms with E-state index in [0.29, 0.717) is 5.75 Å². The summed E-state index contributed by atoms with van der Waals surface area (Å²) in [7, 11) is 0. The second-order valence-electron chi connectivity index (χ2n) is 4.05. The number of thiophene rings is 1. The number of thioether (sulfide) groups is 1. The quantitative estimate of drug-likeness (QED) is 0.724. The van der Waals surface area contributed by atoms with Crippen molar-refractivity contribution in [2.75, 3.05) is 11.9 Å². The molecule has 1 N–H and O–H groups in total. The molecule has 0 radical (unpaired) electrons. The van der Waals surface area contributed by atoms with Crippen molar-refractivity contribution in [3.8, 4) is 0 Å². The Morgan fingerprint density at radius 3 is 2.95 bits per heavy atom. The maximum atomic E-state index is 4.60. The second kappa shape index (κ2) is 6.02. The van der Waals surface area contributed by atoms with Gasteiger partial charge in [-0.25, -0.2) is 15.0 Å². The number of aryl methyl sites for hydroxylation is 1. The zero-order valence-corrected chi connectivity index (χ0v) is 13.5. The molecule has 8 heteroatoms. The average Bonchev–Trinajstić information content (AvgIpc) is 3.05. The molecule has 3 aromatic rings. The van der Waals surface area contributed by atoms with Crippen molar-refractivity contribution in [3.63, 3.8) is 0 Å². The van der Waals surface area contributed by atoms with Gasteiger partial charge in [0.15, 0.2) is 4.34 Å². The highest BCUT2D eigenvalue weighted by molar-refractivity contribution is 8.00. The molecule has 20 heavy (non-hydrogen) atoms. The molecule has 0 aliphatic rings.